The SMILES string of the molecule is OCCOc1ccc(OCc2nc(-c3ccccc3)no2)cc1. The normalized spacial score (nSPS) is 10.5. The number of hydrogen-bond acceptors (Lipinski definition) is 6. The van der Waals surface area contributed by atoms with Crippen LogP contribution in [0.15, 0.2) is 59.1 Å². The summed E-state index contributed by atoms with van der Waals surface area (Å²) in [4.78, 5) is 4.30. The van der Waals surface area contributed by atoms with Gasteiger partial charge in [0, 0.05) is 5.56 Å². The average molecular weight is 312 g/mol. The molecular formula is C17H16N2O4. The summed E-state index contributed by atoms with van der Waals surface area (Å²) in [6.45, 7) is 0.445. The highest BCUT2D eigenvalue weighted by molar-refractivity contribution is 5.53. The Bertz CT molecular complexity index is 726. The second-order valence-electron chi connectivity index (χ2n) is 4.71. The molecule has 2 aromatic carbocycles. The van der Waals surface area contributed by atoms with Crippen LogP contribution in [0.1, 0.15) is 5.89 Å². The minimum Gasteiger partial charge on any atom is -0.491 e. The van der Waals surface area contributed by atoms with Gasteiger partial charge in [-0.3, -0.25) is 0 Å². The predicted molar refractivity (Wildman–Crippen MR) is 83.1 cm³/mol. The third-order valence-corrected chi connectivity index (χ3v) is 3.05. The smallest absolute Gasteiger partial charge is 0.264 e. The molecule has 0 aliphatic carbocycles. The third kappa shape index (κ3) is 4.08. The Morgan fingerprint density at radius 2 is 1.61 bits per heavy atom. The first kappa shape index (κ1) is 15.1. The third-order valence-electron chi connectivity index (χ3n) is 3.05. The van der Waals surface area contributed by atoms with Gasteiger partial charge in [0.05, 0.1) is 6.61 Å². The molecule has 0 spiro atoms. The van der Waals surface area contributed by atoms with E-state index < -0.39 is 0 Å². The fourth-order valence-corrected chi connectivity index (χ4v) is 1.96. The van der Waals surface area contributed by atoms with Gasteiger partial charge in [-0.05, 0) is 24.3 Å². The van der Waals surface area contributed by atoms with Crippen molar-refractivity contribution in [2.75, 3.05) is 13.2 Å². The summed E-state index contributed by atoms with van der Waals surface area (Å²) < 4.78 is 16.1. The lowest BCUT2D eigenvalue weighted by Crippen LogP contribution is -2.01. The Kier molecular flexibility index (Phi) is 4.85. The van der Waals surface area contributed by atoms with Crippen LogP contribution in [-0.2, 0) is 6.61 Å². The first-order valence-electron chi connectivity index (χ1n) is 7.19. The van der Waals surface area contributed by atoms with Gasteiger partial charge in [0.15, 0.2) is 6.61 Å². The first-order valence-corrected chi connectivity index (χ1v) is 7.19. The fraction of sp³-hybridized carbons (Fsp3) is 0.176. The van der Waals surface area contributed by atoms with E-state index >= 15 is 0 Å². The van der Waals surface area contributed by atoms with Crippen LogP contribution in [0, 0.1) is 0 Å². The Morgan fingerprint density at radius 1 is 0.913 bits per heavy atom. The molecule has 1 aromatic heterocycles. The zero-order chi connectivity index (χ0) is 15.9. The maximum atomic E-state index is 8.70. The van der Waals surface area contributed by atoms with E-state index in [1.807, 2.05) is 30.3 Å². The molecule has 0 aliphatic rings. The minimum atomic E-state index is -0.0147. The molecule has 23 heavy (non-hydrogen) atoms. The quantitative estimate of drug-likeness (QED) is 0.722. The molecule has 1 N–H and O–H groups in total. The van der Waals surface area contributed by atoms with Crippen LogP contribution in [-0.4, -0.2) is 28.5 Å². The highest BCUT2D eigenvalue weighted by atomic mass is 16.5. The van der Waals surface area contributed by atoms with Crippen LogP contribution in [0.25, 0.3) is 11.4 Å². The number of aliphatic hydroxyl groups excluding tert-OH is 1. The Hall–Kier alpha value is -2.86. The Labute approximate surface area is 133 Å². The summed E-state index contributed by atoms with van der Waals surface area (Å²) in [5.74, 6) is 2.29. The van der Waals surface area contributed by atoms with E-state index in [0.717, 1.165) is 5.56 Å². The van der Waals surface area contributed by atoms with E-state index in [9.17, 15) is 0 Å². The topological polar surface area (TPSA) is 77.6 Å². The van der Waals surface area contributed by atoms with Gasteiger partial charge in [-0.1, -0.05) is 35.5 Å². The number of rotatable bonds is 7. The molecule has 6 heteroatoms. The second-order valence-corrected chi connectivity index (χ2v) is 4.71. The molecule has 0 saturated carbocycles. The van der Waals surface area contributed by atoms with Gasteiger partial charge in [-0.2, -0.15) is 4.98 Å². The average Bonchev–Trinajstić information content (AvgIpc) is 3.09. The molecule has 0 fully saturated rings. The maximum absolute atomic E-state index is 8.70. The largest absolute Gasteiger partial charge is 0.491 e. The molecular weight excluding hydrogens is 296 g/mol. The predicted octanol–water partition coefficient (Wildman–Crippen LogP) is 2.69. The number of nitrogens with zero attached hydrogens (tertiary/aromatic N) is 2. The molecule has 0 bridgehead atoms. The van der Waals surface area contributed by atoms with Crippen molar-refractivity contribution in [2.45, 2.75) is 6.61 Å². The van der Waals surface area contributed by atoms with Crippen LogP contribution < -0.4 is 9.47 Å². The van der Waals surface area contributed by atoms with Crippen LogP contribution >= 0.6 is 0 Å². The summed E-state index contributed by atoms with van der Waals surface area (Å²) >= 11 is 0. The van der Waals surface area contributed by atoms with Crippen molar-refractivity contribution in [3.8, 4) is 22.9 Å². The molecule has 3 rings (SSSR count). The van der Waals surface area contributed by atoms with Gasteiger partial charge in [0.2, 0.25) is 5.82 Å². The molecule has 1 heterocycles. The Morgan fingerprint density at radius 3 is 2.30 bits per heavy atom. The second kappa shape index (κ2) is 7.42. The van der Waals surface area contributed by atoms with Gasteiger partial charge < -0.3 is 19.1 Å². The van der Waals surface area contributed by atoms with E-state index in [-0.39, 0.29) is 19.8 Å². The van der Waals surface area contributed by atoms with E-state index in [4.69, 9.17) is 19.1 Å². The molecule has 3 aromatic rings. The minimum absolute atomic E-state index is 0.0147. The van der Waals surface area contributed by atoms with Crippen molar-refractivity contribution in [3.05, 3.63) is 60.5 Å². The lowest BCUT2D eigenvalue weighted by atomic mass is 10.2. The summed E-state index contributed by atoms with van der Waals surface area (Å²) in [5, 5.41) is 12.6. The van der Waals surface area contributed by atoms with E-state index in [1.54, 1.807) is 24.3 Å². The highest BCUT2D eigenvalue weighted by Crippen LogP contribution is 2.19. The number of aliphatic hydroxyl groups is 1. The zero-order valence-corrected chi connectivity index (χ0v) is 12.4. The van der Waals surface area contributed by atoms with Crippen LogP contribution in [0.5, 0.6) is 11.5 Å². The van der Waals surface area contributed by atoms with Crippen molar-refractivity contribution in [1.29, 1.82) is 0 Å². The monoisotopic (exact) mass is 312 g/mol. The summed E-state index contributed by atoms with van der Waals surface area (Å²) in [7, 11) is 0. The molecule has 0 radical (unpaired) electrons. The standard InChI is InChI=1S/C17H16N2O4/c20-10-11-21-14-6-8-15(9-7-14)22-12-16-18-17(19-23-16)13-4-2-1-3-5-13/h1-9,20H,10-12H2. The molecule has 6 nitrogen and oxygen atoms in total. The molecule has 118 valence electrons. The number of ether oxygens (including phenoxy) is 2. The van der Waals surface area contributed by atoms with Gasteiger partial charge in [-0.25, -0.2) is 0 Å². The van der Waals surface area contributed by atoms with Gasteiger partial charge in [0.25, 0.3) is 5.89 Å². The lowest BCUT2D eigenvalue weighted by Gasteiger charge is -2.06. The summed E-state index contributed by atoms with van der Waals surface area (Å²) in [6.07, 6.45) is 0. The van der Waals surface area contributed by atoms with E-state index in [0.29, 0.717) is 23.2 Å². The van der Waals surface area contributed by atoms with Crippen molar-refractivity contribution in [2.24, 2.45) is 0 Å². The molecule has 0 aliphatic heterocycles. The number of hydrogen-bond donors (Lipinski definition) is 1. The maximum Gasteiger partial charge on any atom is 0.264 e. The summed E-state index contributed by atoms with van der Waals surface area (Å²) in [6, 6.07) is 16.7. The fourth-order valence-electron chi connectivity index (χ4n) is 1.96. The van der Waals surface area contributed by atoms with E-state index in [1.165, 1.54) is 0 Å². The van der Waals surface area contributed by atoms with Crippen molar-refractivity contribution in [3.63, 3.8) is 0 Å². The van der Waals surface area contributed by atoms with Gasteiger partial charge in [-0.15, -0.1) is 0 Å². The first-order chi connectivity index (χ1) is 11.3. The van der Waals surface area contributed by atoms with Gasteiger partial charge in [0.1, 0.15) is 18.1 Å². The molecule has 0 atom stereocenters. The zero-order valence-electron chi connectivity index (χ0n) is 12.4. The number of benzene rings is 2. The van der Waals surface area contributed by atoms with Crippen LogP contribution in [0.4, 0.5) is 0 Å². The molecule has 0 saturated heterocycles. The molecule has 0 unspecified atom stereocenters. The van der Waals surface area contributed by atoms with E-state index in [2.05, 4.69) is 10.1 Å². The lowest BCUT2D eigenvalue weighted by molar-refractivity contribution is 0.201. The Balaban J connectivity index is 1.57. The van der Waals surface area contributed by atoms with Crippen molar-refractivity contribution < 1.29 is 19.1 Å². The summed E-state index contributed by atoms with van der Waals surface area (Å²) in [5.41, 5.74) is 0.896. The molecule has 0 amide bonds. The van der Waals surface area contributed by atoms with Gasteiger partial charge >= 0.3 is 0 Å². The van der Waals surface area contributed by atoms with Crippen molar-refractivity contribution in [1.82, 2.24) is 10.1 Å². The highest BCUT2D eigenvalue weighted by Gasteiger charge is 2.08. The van der Waals surface area contributed by atoms with Crippen molar-refractivity contribution >= 4 is 0 Å². The van der Waals surface area contributed by atoms with Crippen LogP contribution in [0.3, 0.4) is 0 Å². The van der Waals surface area contributed by atoms with Crippen LogP contribution in [0.2, 0.25) is 0 Å². The number of aromatic nitrogens is 2.